The van der Waals surface area contributed by atoms with E-state index in [2.05, 4.69) is 10.3 Å². The number of nitrogens with zero attached hydrogens (tertiary/aromatic N) is 1. The van der Waals surface area contributed by atoms with Crippen molar-refractivity contribution in [3.8, 4) is 5.88 Å². The maximum absolute atomic E-state index is 10.7. The number of hydrogen-bond donors (Lipinski definition) is 1. The first-order valence-corrected chi connectivity index (χ1v) is 4.74. The van der Waals surface area contributed by atoms with E-state index in [9.17, 15) is 4.79 Å². The maximum Gasteiger partial charge on any atom is 0.407 e. The molecule has 0 bridgehead atoms. The van der Waals surface area contributed by atoms with Crippen molar-refractivity contribution >= 4 is 6.09 Å². The van der Waals surface area contributed by atoms with Gasteiger partial charge in [-0.15, -0.1) is 0 Å². The van der Waals surface area contributed by atoms with Crippen LogP contribution in [0.3, 0.4) is 0 Å². The molecule has 1 N–H and O–H groups in total. The number of cyclic esters (lactones) is 1. The first-order valence-electron chi connectivity index (χ1n) is 4.74. The van der Waals surface area contributed by atoms with Gasteiger partial charge in [0.05, 0.1) is 6.54 Å². The van der Waals surface area contributed by atoms with Gasteiger partial charge in [-0.1, -0.05) is 6.07 Å². The number of carbonyl (C=O) groups excluding carboxylic acids is 1. The summed E-state index contributed by atoms with van der Waals surface area (Å²) < 4.78 is 10.3. The summed E-state index contributed by atoms with van der Waals surface area (Å²) in [5, 5.41) is 2.55. The van der Waals surface area contributed by atoms with E-state index in [0.717, 1.165) is 5.56 Å². The molecular weight excluding hydrogens is 196 g/mol. The zero-order valence-electron chi connectivity index (χ0n) is 8.40. The van der Waals surface area contributed by atoms with Crippen LogP contribution in [-0.4, -0.2) is 30.3 Å². The largest absolute Gasteiger partial charge is 0.469 e. The number of amides is 1. The van der Waals surface area contributed by atoms with Crippen LogP contribution in [0.4, 0.5) is 4.79 Å². The van der Waals surface area contributed by atoms with E-state index < -0.39 is 6.09 Å². The predicted octanol–water partition coefficient (Wildman–Crippen LogP) is 0.877. The fourth-order valence-electron chi connectivity index (χ4n) is 1.25. The molecule has 0 aromatic carbocycles. The number of pyridine rings is 1. The molecule has 2 rings (SSSR count). The molecule has 2 heterocycles. The fourth-order valence-corrected chi connectivity index (χ4v) is 1.25. The summed E-state index contributed by atoms with van der Waals surface area (Å²) >= 11 is 0. The molecule has 1 saturated heterocycles. The lowest BCUT2D eigenvalue weighted by Crippen LogP contribution is -2.45. The number of alkyl carbamates (subject to hydrolysis) is 1. The summed E-state index contributed by atoms with van der Waals surface area (Å²) in [6.07, 6.45) is 1.17. The minimum Gasteiger partial charge on any atom is -0.469 e. The van der Waals surface area contributed by atoms with Gasteiger partial charge < -0.3 is 14.8 Å². The Morgan fingerprint density at radius 3 is 3.07 bits per heavy atom. The number of rotatable bonds is 2. The van der Waals surface area contributed by atoms with Gasteiger partial charge in [-0.25, -0.2) is 9.78 Å². The molecule has 5 heteroatoms. The van der Waals surface area contributed by atoms with Crippen molar-refractivity contribution in [1.29, 1.82) is 0 Å². The van der Waals surface area contributed by atoms with Gasteiger partial charge in [-0.05, 0) is 12.5 Å². The fraction of sp³-hybridized carbons (Fsp3) is 0.400. The molecule has 1 aromatic heterocycles. The third-order valence-corrected chi connectivity index (χ3v) is 2.05. The zero-order valence-corrected chi connectivity index (χ0v) is 8.40. The maximum atomic E-state index is 10.7. The average molecular weight is 208 g/mol. The van der Waals surface area contributed by atoms with Gasteiger partial charge in [0.1, 0.15) is 6.61 Å². The monoisotopic (exact) mass is 208 g/mol. The summed E-state index contributed by atoms with van der Waals surface area (Å²) in [7, 11) is 0. The molecule has 1 amide bonds. The van der Waals surface area contributed by atoms with E-state index in [-0.39, 0.29) is 12.7 Å². The number of ether oxygens (including phenoxy) is 2. The van der Waals surface area contributed by atoms with Crippen LogP contribution in [0.2, 0.25) is 0 Å². The Labute approximate surface area is 87.4 Å². The number of nitrogens with one attached hydrogen (secondary N) is 1. The van der Waals surface area contributed by atoms with Gasteiger partial charge in [0, 0.05) is 12.3 Å². The Balaban J connectivity index is 1.91. The third-order valence-electron chi connectivity index (χ3n) is 2.05. The van der Waals surface area contributed by atoms with E-state index in [4.69, 9.17) is 9.47 Å². The van der Waals surface area contributed by atoms with Gasteiger partial charge in [0.15, 0.2) is 6.10 Å². The van der Waals surface area contributed by atoms with E-state index in [0.29, 0.717) is 12.4 Å². The molecule has 0 radical (unpaired) electrons. The highest BCUT2D eigenvalue weighted by Gasteiger charge is 2.20. The molecule has 0 aliphatic carbocycles. The van der Waals surface area contributed by atoms with Crippen LogP contribution in [0.15, 0.2) is 18.3 Å². The Hall–Kier alpha value is -1.78. The molecule has 1 aliphatic rings. The highest BCUT2D eigenvalue weighted by atomic mass is 16.6. The summed E-state index contributed by atoms with van der Waals surface area (Å²) in [4.78, 5) is 14.8. The van der Waals surface area contributed by atoms with Crippen LogP contribution >= 0.6 is 0 Å². The first kappa shape index (κ1) is 9.76. The Bertz CT molecular complexity index is 340. The summed E-state index contributed by atoms with van der Waals surface area (Å²) in [5.74, 6) is 0.547. The van der Waals surface area contributed by atoms with Gasteiger partial charge in [0.25, 0.3) is 0 Å². The molecular formula is C10H12N2O3. The minimum atomic E-state index is -0.397. The van der Waals surface area contributed by atoms with Crippen molar-refractivity contribution in [2.45, 2.75) is 13.0 Å². The quantitative estimate of drug-likeness (QED) is 0.783. The molecule has 15 heavy (non-hydrogen) atoms. The van der Waals surface area contributed by atoms with E-state index in [1.54, 1.807) is 12.3 Å². The van der Waals surface area contributed by atoms with Gasteiger partial charge in [-0.3, -0.25) is 0 Å². The topological polar surface area (TPSA) is 60.5 Å². The van der Waals surface area contributed by atoms with Crippen molar-refractivity contribution in [3.05, 3.63) is 23.9 Å². The SMILES string of the molecule is Cc1ccc(OC2CNC(=O)OC2)nc1. The van der Waals surface area contributed by atoms with Crippen molar-refractivity contribution in [2.24, 2.45) is 0 Å². The second-order valence-corrected chi connectivity index (χ2v) is 3.39. The smallest absolute Gasteiger partial charge is 0.407 e. The Kier molecular flexibility index (Phi) is 2.71. The van der Waals surface area contributed by atoms with Gasteiger partial charge >= 0.3 is 6.09 Å². The molecule has 1 unspecified atom stereocenters. The highest BCUT2D eigenvalue weighted by molar-refractivity contribution is 5.67. The lowest BCUT2D eigenvalue weighted by Gasteiger charge is -2.23. The van der Waals surface area contributed by atoms with Crippen LogP contribution in [0.1, 0.15) is 5.56 Å². The standard InChI is InChI=1S/C10H12N2O3/c1-7-2-3-9(11-4-7)15-8-5-12-10(13)14-6-8/h2-4,8H,5-6H2,1H3,(H,12,13). The number of carbonyl (C=O) groups is 1. The number of hydrogen-bond acceptors (Lipinski definition) is 4. The van der Waals surface area contributed by atoms with Crippen LogP contribution in [0.5, 0.6) is 5.88 Å². The van der Waals surface area contributed by atoms with E-state index in [1.807, 2.05) is 13.0 Å². The molecule has 80 valence electrons. The van der Waals surface area contributed by atoms with Gasteiger partial charge in [-0.2, -0.15) is 0 Å². The molecule has 1 atom stereocenters. The highest BCUT2D eigenvalue weighted by Crippen LogP contribution is 2.10. The average Bonchev–Trinajstić information content (AvgIpc) is 2.25. The molecule has 0 spiro atoms. The van der Waals surface area contributed by atoms with Crippen LogP contribution in [0, 0.1) is 6.92 Å². The van der Waals surface area contributed by atoms with Crippen molar-refractivity contribution in [2.75, 3.05) is 13.2 Å². The first-order chi connectivity index (χ1) is 7.24. The predicted molar refractivity (Wildman–Crippen MR) is 52.7 cm³/mol. The number of aromatic nitrogens is 1. The third kappa shape index (κ3) is 2.59. The molecule has 1 aromatic rings. The zero-order chi connectivity index (χ0) is 10.7. The van der Waals surface area contributed by atoms with Crippen LogP contribution in [-0.2, 0) is 4.74 Å². The summed E-state index contributed by atoms with van der Waals surface area (Å²) in [6.45, 7) is 2.68. The number of aryl methyl sites for hydroxylation is 1. The summed E-state index contributed by atoms with van der Waals surface area (Å²) in [5.41, 5.74) is 1.08. The Morgan fingerprint density at radius 2 is 2.47 bits per heavy atom. The normalized spacial score (nSPS) is 20.3. The second kappa shape index (κ2) is 4.16. The molecule has 1 fully saturated rings. The van der Waals surface area contributed by atoms with Crippen molar-refractivity contribution in [1.82, 2.24) is 10.3 Å². The van der Waals surface area contributed by atoms with E-state index >= 15 is 0 Å². The minimum absolute atomic E-state index is 0.169. The molecule has 0 saturated carbocycles. The lowest BCUT2D eigenvalue weighted by atomic mass is 10.3. The van der Waals surface area contributed by atoms with Crippen LogP contribution < -0.4 is 10.1 Å². The second-order valence-electron chi connectivity index (χ2n) is 3.39. The lowest BCUT2D eigenvalue weighted by molar-refractivity contribution is 0.0540. The van der Waals surface area contributed by atoms with Crippen molar-refractivity contribution < 1.29 is 14.3 Å². The van der Waals surface area contributed by atoms with Crippen LogP contribution in [0.25, 0.3) is 0 Å². The molecule has 5 nitrogen and oxygen atoms in total. The Morgan fingerprint density at radius 1 is 1.60 bits per heavy atom. The summed E-state index contributed by atoms with van der Waals surface area (Å²) in [6, 6.07) is 3.72. The van der Waals surface area contributed by atoms with Crippen molar-refractivity contribution in [3.63, 3.8) is 0 Å². The van der Waals surface area contributed by atoms with Gasteiger partial charge in [0.2, 0.25) is 5.88 Å². The van der Waals surface area contributed by atoms with E-state index in [1.165, 1.54) is 0 Å². The molecule has 1 aliphatic heterocycles.